The first-order chi connectivity index (χ1) is 14.2. The highest BCUT2D eigenvalue weighted by atomic mass is 16.5. The first kappa shape index (κ1) is 21.2. The molecule has 0 spiro atoms. The van der Waals surface area contributed by atoms with Gasteiger partial charge in [-0.15, -0.1) is 0 Å². The molecule has 1 heterocycles. The zero-order chi connectivity index (χ0) is 20.5. The van der Waals surface area contributed by atoms with Crippen molar-refractivity contribution < 1.29 is 9.47 Å². The normalized spacial score (nSPS) is 16.0. The van der Waals surface area contributed by atoms with E-state index in [0.29, 0.717) is 12.0 Å². The number of nitrogens with zero attached hydrogens (tertiary/aromatic N) is 3. The Morgan fingerprint density at radius 3 is 2.55 bits per heavy atom. The Kier molecular flexibility index (Phi) is 7.52. The van der Waals surface area contributed by atoms with Gasteiger partial charge in [-0.25, -0.2) is 4.68 Å². The summed E-state index contributed by atoms with van der Waals surface area (Å²) in [4.78, 5) is 4.37. The van der Waals surface area contributed by atoms with E-state index in [0.717, 1.165) is 42.7 Å². The molecule has 29 heavy (non-hydrogen) atoms. The first-order valence-corrected chi connectivity index (χ1v) is 10.3. The molecule has 0 atom stereocenters. The summed E-state index contributed by atoms with van der Waals surface area (Å²) < 4.78 is 12.4. The minimum Gasteiger partial charge on any atom is -0.497 e. The third-order valence-electron chi connectivity index (χ3n) is 5.77. The maximum absolute atomic E-state index is 5.33. The molecule has 0 saturated heterocycles. The number of hydrogen-bond acceptors (Lipinski definition) is 4. The van der Waals surface area contributed by atoms with Gasteiger partial charge in [-0.05, 0) is 55.0 Å². The summed E-state index contributed by atoms with van der Waals surface area (Å²) in [6.45, 7) is 2.36. The molecule has 7 nitrogen and oxygen atoms in total. The van der Waals surface area contributed by atoms with Crippen molar-refractivity contribution in [2.45, 2.75) is 38.6 Å². The van der Waals surface area contributed by atoms with E-state index in [1.807, 2.05) is 48.3 Å². The molecule has 0 aliphatic heterocycles. The number of hydrogen-bond donors (Lipinski definition) is 2. The highest BCUT2D eigenvalue weighted by Crippen LogP contribution is 2.40. The predicted octanol–water partition coefficient (Wildman–Crippen LogP) is 3.14. The molecule has 3 rings (SSSR count). The van der Waals surface area contributed by atoms with Crippen molar-refractivity contribution in [3.8, 4) is 11.4 Å². The molecule has 1 aliphatic carbocycles. The number of nitrogens with one attached hydrogen (secondary N) is 2. The Labute approximate surface area is 173 Å². The van der Waals surface area contributed by atoms with E-state index in [1.54, 1.807) is 14.2 Å². The molecule has 1 fully saturated rings. The smallest absolute Gasteiger partial charge is 0.191 e. The van der Waals surface area contributed by atoms with Gasteiger partial charge in [0.25, 0.3) is 0 Å². The first-order valence-electron chi connectivity index (χ1n) is 10.3. The minimum absolute atomic E-state index is 0.323. The average Bonchev–Trinajstić information content (AvgIpc) is 3.43. The summed E-state index contributed by atoms with van der Waals surface area (Å²) in [5, 5.41) is 11.5. The van der Waals surface area contributed by atoms with Crippen LogP contribution in [0.15, 0.2) is 41.5 Å². The van der Waals surface area contributed by atoms with E-state index in [2.05, 4.69) is 20.7 Å². The SMILES string of the molecule is CN=C(NCc1ccn(-c2ccc(OC)cc2)n1)NCC1(CCOC)CCCC1. The Morgan fingerprint density at radius 2 is 1.90 bits per heavy atom. The lowest BCUT2D eigenvalue weighted by atomic mass is 9.83. The molecule has 0 unspecified atom stereocenters. The fourth-order valence-corrected chi connectivity index (χ4v) is 3.96. The van der Waals surface area contributed by atoms with Crippen LogP contribution in [0, 0.1) is 5.41 Å². The van der Waals surface area contributed by atoms with Crippen molar-refractivity contribution >= 4 is 5.96 Å². The zero-order valence-electron chi connectivity index (χ0n) is 17.8. The monoisotopic (exact) mass is 399 g/mol. The number of ether oxygens (including phenoxy) is 2. The van der Waals surface area contributed by atoms with Crippen molar-refractivity contribution in [2.24, 2.45) is 10.4 Å². The summed E-state index contributed by atoms with van der Waals surface area (Å²) >= 11 is 0. The Bertz CT molecular complexity index is 779. The van der Waals surface area contributed by atoms with Gasteiger partial charge in [0.1, 0.15) is 5.75 Å². The number of guanidine groups is 1. The topological polar surface area (TPSA) is 72.7 Å². The lowest BCUT2D eigenvalue weighted by Crippen LogP contribution is -2.43. The third kappa shape index (κ3) is 5.73. The van der Waals surface area contributed by atoms with E-state index in [9.17, 15) is 0 Å². The van der Waals surface area contributed by atoms with Crippen LogP contribution in [0.4, 0.5) is 0 Å². The second-order valence-corrected chi connectivity index (χ2v) is 7.68. The quantitative estimate of drug-likeness (QED) is 0.501. The highest BCUT2D eigenvalue weighted by Gasteiger charge is 2.33. The summed E-state index contributed by atoms with van der Waals surface area (Å²) in [5.41, 5.74) is 2.28. The fraction of sp³-hybridized carbons (Fsp3) is 0.545. The van der Waals surface area contributed by atoms with Crippen LogP contribution in [-0.4, -0.2) is 50.2 Å². The van der Waals surface area contributed by atoms with Crippen LogP contribution < -0.4 is 15.4 Å². The summed E-state index contributed by atoms with van der Waals surface area (Å²) in [5.74, 6) is 1.65. The summed E-state index contributed by atoms with van der Waals surface area (Å²) in [6, 6.07) is 9.86. The molecule has 0 amide bonds. The van der Waals surface area contributed by atoms with Crippen LogP contribution in [-0.2, 0) is 11.3 Å². The molecule has 7 heteroatoms. The van der Waals surface area contributed by atoms with E-state index >= 15 is 0 Å². The van der Waals surface area contributed by atoms with Crippen LogP contribution in [0.5, 0.6) is 5.75 Å². The molecule has 0 bridgehead atoms. The highest BCUT2D eigenvalue weighted by molar-refractivity contribution is 5.79. The Hall–Kier alpha value is -2.54. The molecule has 2 aromatic rings. The van der Waals surface area contributed by atoms with Crippen molar-refractivity contribution in [1.82, 2.24) is 20.4 Å². The number of methoxy groups -OCH3 is 2. The van der Waals surface area contributed by atoms with Crippen LogP contribution >= 0.6 is 0 Å². The number of rotatable bonds is 9. The molecule has 1 aromatic carbocycles. The predicted molar refractivity (Wildman–Crippen MR) is 116 cm³/mol. The van der Waals surface area contributed by atoms with Gasteiger partial charge in [-0.2, -0.15) is 5.10 Å². The Morgan fingerprint density at radius 1 is 1.14 bits per heavy atom. The number of aliphatic imine (C=N–C) groups is 1. The van der Waals surface area contributed by atoms with E-state index in [1.165, 1.54) is 25.7 Å². The molecular weight excluding hydrogens is 366 g/mol. The van der Waals surface area contributed by atoms with Gasteiger partial charge in [0, 0.05) is 33.5 Å². The second kappa shape index (κ2) is 10.3. The van der Waals surface area contributed by atoms with Crippen LogP contribution in [0.3, 0.4) is 0 Å². The van der Waals surface area contributed by atoms with Crippen LogP contribution in [0.2, 0.25) is 0 Å². The largest absolute Gasteiger partial charge is 0.497 e. The molecule has 1 aromatic heterocycles. The minimum atomic E-state index is 0.323. The van der Waals surface area contributed by atoms with Crippen molar-refractivity contribution in [2.75, 3.05) is 34.4 Å². The lowest BCUT2D eigenvalue weighted by Gasteiger charge is -2.29. The summed E-state index contributed by atoms with van der Waals surface area (Å²) in [6.07, 6.45) is 8.19. The van der Waals surface area contributed by atoms with Crippen LogP contribution in [0.25, 0.3) is 5.69 Å². The van der Waals surface area contributed by atoms with Gasteiger partial charge >= 0.3 is 0 Å². The summed E-state index contributed by atoms with van der Waals surface area (Å²) in [7, 11) is 5.25. The van der Waals surface area contributed by atoms with Gasteiger partial charge in [0.2, 0.25) is 0 Å². The molecule has 1 aliphatic rings. The fourth-order valence-electron chi connectivity index (χ4n) is 3.96. The van der Waals surface area contributed by atoms with E-state index in [4.69, 9.17) is 9.47 Å². The molecule has 2 N–H and O–H groups in total. The molecule has 1 saturated carbocycles. The van der Waals surface area contributed by atoms with Gasteiger partial charge in [-0.1, -0.05) is 12.8 Å². The molecule has 0 radical (unpaired) electrons. The van der Waals surface area contributed by atoms with Gasteiger partial charge in [-0.3, -0.25) is 4.99 Å². The van der Waals surface area contributed by atoms with Crippen molar-refractivity contribution in [1.29, 1.82) is 0 Å². The van der Waals surface area contributed by atoms with Crippen molar-refractivity contribution in [3.05, 3.63) is 42.2 Å². The Balaban J connectivity index is 1.52. The molecular formula is C22H33N5O2. The van der Waals surface area contributed by atoms with Gasteiger partial charge < -0.3 is 20.1 Å². The van der Waals surface area contributed by atoms with Gasteiger partial charge in [0.05, 0.1) is 25.0 Å². The number of benzene rings is 1. The molecule has 158 valence electrons. The zero-order valence-corrected chi connectivity index (χ0v) is 17.8. The van der Waals surface area contributed by atoms with E-state index < -0.39 is 0 Å². The maximum Gasteiger partial charge on any atom is 0.191 e. The maximum atomic E-state index is 5.33. The van der Waals surface area contributed by atoms with E-state index in [-0.39, 0.29) is 0 Å². The van der Waals surface area contributed by atoms with Crippen LogP contribution in [0.1, 0.15) is 37.8 Å². The van der Waals surface area contributed by atoms with Gasteiger partial charge in [0.15, 0.2) is 5.96 Å². The standard InChI is InChI=1S/C22H33N5O2/c1-23-21(25-17-22(13-15-28-2)11-4-5-12-22)24-16-18-10-14-27(26-18)19-6-8-20(29-3)9-7-19/h6-10,14H,4-5,11-13,15-17H2,1-3H3,(H2,23,24,25). The third-order valence-corrected chi connectivity index (χ3v) is 5.77. The van der Waals surface area contributed by atoms with Crippen molar-refractivity contribution in [3.63, 3.8) is 0 Å². The number of aromatic nitrogens is 2. The second-order valence-electron chi connectivity index (χ2n) is 7.68. The average molecular weight is 400 g/mol. The lowest BCUT2D eigenvalue weighted by molar-refractivity contribution is 0.138.